The van der Waals surface area contributed by atoms with E-state index in [0.717, 1.165) is 93.5 Å². The molecule has 0 radical (unpaired) electrons. The molecular formula is C54H32N4O. The Bertz CT molecular complexity index is 3510. The Labute approximate surface area is 338 Å². The number of rotatable bonds is 5. The summed E-state index contributed by atoms with van der Waals surface area (Å²) in [7, 11) is 0. The summed E-state index contributed by atoms with van der Waals surface area (Å²) < 4.78 is 6.53. The normalized spacial score (nSPS) is 11.7. The van der Waals surface area contributed by atoms with Crippen LogP contribution in [0.4, 0.5) is 0 Å². The third-order valence-electron chi connectivity index (χ3n) is 11.5. The van der Waals surface area contributed by atoms with Crippen molar-refractivity contribution in [3.05, 3.63) is 194 Å². The fourth-order valence-electron chi connectivity index (χ4n) is 8.49. The number of aromatic nitrogens is 4. The van der Waals surface area contributed by atoms with Crippen molar-refractivity contribution < 1.29 is 4.42 Å². The Morgan fingerprint density at radius 2 is 0.780 bits per heavy atom. The monoisotopic (exact) mass is 752 g/mol. The molecule has 0 aliphatic rings. The summed E-state index contributed by atoms with van der Waals surface area (Å²) in [6.07, 6.45) is 0. The van der Waals surface area contributed by atoms with E-state index in [1.165, 1.54) is 10.8 Å². The number of pyridine rings is 1. The van der Waals surface area contributed by atoms with E-state index in [2.05, 4.69) is 176 Å². The zero-order valence-electron chi connectivity index (χ0n) is 31.7. The van der Waals surface area contributed by atoms with Gasteiger partial charge in [-0.05, 0) is 63.0 Å². The highest BCUT2D eigenvalue weighted by molar-refractivity contribution is 6.24. The van der Waals surface area contributed by atoms with Crippen LogP contribution in [0, 0.1) is 0 Å². The maximum Gasteiger partial charge on any atom is 0.164 e. The minimum atomic E-state index is 0.626. The summed E-state index contributed by atoms with van der Waals surface area (Å²) in [5.41, 5.74) is 9.71. The molecule has 274 valence electrons. The van der Waals surface area contributed by atoms with Crippen molar-refractivity contribution in [2.45, 2.75) is 0 Å². The van der Waals surface area contributed by atoms with Gasteiger partial charge in [0, 0.05) is 49.2 Å². The molecule has 12 rings (SSSR count). The first-order valence-corrected chi connectivity index (χ1v) is 19.8. The maximum atomic E-state index is 6.53. The van der Waals surface area contributed by atoms with Gasteiger partial charge in [0.05, 0.1) is 11.2 Å². The van der Waals surface area contributed by atoms with Gasteiger partial charge < -0.3 is 4.42 Å². The fraction of sp³-hybridized carbons (Fsp3) is 0. The molecule has 0 N–H and O–H groups in total. The Kier molecular flexibility index (Phi) is 7.47. The smallest absolute Gasteiger partial charge is 0.164 e. The molecule has 9 aromatic carbocycles. The molecule has 5 heteroatoms. The molecule has 0 aliphatic heterocycles. The van der Waals surface area contributed by atoms with Gasteiger partial charge in [-0.3, -0.25) is 0 Å². The van der Waals surface area contributed by atoms with Gasteiger partial charge in [0.25, 0.3) is 0 Å². The second-order valence-corrected chi connectivity index (χ2v) is 15.0. The van der Waals surface area contributed by atoms with Crippen molar-refractivity contribution in [3.63, 3.8) is 0 Å². The lowest BCUT2D eigenvalue weighted by Crippen LogP contribution is -2.00. The molecule has 59 heavy (non-hydrogen) atoms. The van der Waals surface area contributed by atoms with Crippen molar-refractivity contribution in [2.24, 2.45) is 0 Å². The summed E-state index contributed by atoms with van der Waals surface area (Å²) in [6.45, 7) is 0. The second kappa shape index (κ2) is 13.3. The fourth-order valence-corrected chi connectivity index (χ4v) is 8.49. The van der Waals surface area contributed by atoms with E-state index in [0.29, 0.717) is 17.5 Å². The summed E-state index contributed by atoms with van der Waals surface area (Å²) in [6, 6.07) is 67.6. The first-order chi connectivity index (χ1) is 29.2. The number of hydrogen-bond acceptors (Lipinski definition) is 5. The highest BCUT2D eigenvalue weighted by Gasteiger charge is 2.18. The quantitative estimate of drug-likeness (QED) is 0.164. The number of benzene rings is 9. The molecule has 0 fully saturated rings. The Morgan fingerprint density at radius 1 is 0.305 bits per heavy atom. The second-order valence-electron chi connectivity index (χ2n) is 15.0. The molecule has 0 aliphatic carbocycles. The number of para-hydroxylation sites is 2. The van der Waals surface area contributed by atoms with Crippen LogP contribution >= 0.6 is 0 Å². The molecule has 5 nitrogen and oxygen atoms in total. The van der Waals surface area contributed by atoms with Crippen LogP contribution in [0.15, 0.2) is 199 Å². The van der Waals surface area contributed by atoms with Crippen LogP contribution in [0.2, 0.25) is 0 Å². The molecule has 0 spiro atoms. The lowest BCUT2D eigenvalue weighted by molar-refractivity contribution is 0.673. The number of furan rings is 1. The van der Waals surface area contributed by atoms with Crippen LogP contribution in [0.1, 0.15) is 0 Å². The molecule has 0 amide bonds. The standard InChI is InChI=1S/C54H32N4O/c1-3-11-39-31-41(27-21-33(39)9-1)53-56-52(57-54(58-53)42-28-22-34-10-2-4-12-40(34)32-42)38-25-19-36(20-26-38)35-17-23-37(24-18-35)50-46-30-29-44-43-13-6-8-16-48(43)59-51(44)49(46)45-14-5-7-15-47(45)55-50/h1-32H. The Morgan fingerprint density at radius 3 is 1.42 bits per heavy atom. The average Bonchev–Trinajstić information content (AvgIpc) is 3.70. The van der Waals surface area contributed by atoms with E-state index in [1.54, 1.807) is 0 Å². The number of nitrogens with zero attached hydrogens (tertiary/aromatic N) is 4. The van der Waals surface area contributed by atoms with Crippen LogP contribution in [-0.2, 0) is 0 Å². The van der Waals surface area contributed by atoms with Crippen molar-refractivity contribution in [1.29, 1.82) is 0 Å². The van der Waals surface area contributed by atoms with Gasteiger partial charge in [0.1, 0.15) is 11.2 Å². The summed E-state index contributed by atoms with van der Waals surface area (Å²) in [5.74, 6) is 1.90. The minimum Gasteiger partial charge on any atom is -0.455 e. The van der Waals surface area contributed by atoms with E-state index in [9.17, 15) is 0 Å². The van der Waals surface area contributed by atoms with Crippen LogP contribution in [0.25, 0.3) is 122 Å². The first-order valence-electron chi connectivity index (χ1n) is 19.8. The van der Waals surface area contributed by atoms with Gasteiger partial charge in [-0.15, -0.1) is 0 Å². The minimum absolute atomic E-state index is 0.626. The highest BCUT2D eigenvalue weighted by Crippen LogP contribution is 2.41. The zero-order chi connectivity index (χ0) is 38.9. The lowest BCUT2D eigenvalue weighted by atomic mass is 9.96. The average molecular weight is 753 g/mol. The summed E-state index contributed by atoms with van der Waals surface area (Å²) >= 11 is 0. The number of hydrogen-bond donors (Lipinski definition) is 0. The molecule has 3 heterocycles. The van der Waals surface area contributed by atoms with Gasteiger partial charge in [0.15, 0.2) is 17.5 Å². The molecule has 12 aromatic rings. The molecule has 0 saturated carbocycles. The lowest BCUT2D eigenvalue weighted by Gasteiger charge is -2.12. The van der Waals surface area contributed by atoms with Gasteiger partial charge >= 0.3 is 0 Å². The SMILES string of the molecule is c1ccc2cc(-c3nc(-c4ccc(-c5ccc(-c6nc7ccccc7c7c6ccc6c8ccccc8oc67)cc5)cc4)nc(-c4ccc5ccccc5c4)n3)ccc2c1. The molecular weight excluding hydrogens is 721 g/mol. The largest absolute Gasteiger partial charge is 0.455 e. The molecule has 0 bridgehead atoms. The third kappa shape index (κ3) is 5.63. The van der Waals surface area contributed by atoms with Crippen LogP contribution in [0.3, 0.4) is 0 Å². The van der Waals surface area contributed by atoms with E-state index in [4.69, 9.17) is 24.4 Å². The molecule has 3 aromatic heterocycles. The van der Waals surface area contributed by atoms with Crippen LogP contribution in [0.5, 0.6) is 0 Å². The van der Waals surface area contributed by atoms with Crippen molar-refractivity contribution in [1.82, 2.24) is 19.9 Å². The van der Waals surface area contributed by atoms with E-state index in [-0.39, 0.29) is 0 Å². The van der Waals surface area contributed by atoms with Gasteiger partial charge in [-0.25, -0.2) is 19.9 Å². The Balaban J connectivity index is 0.922. The van der Waals surface area contributed by atoms with Crippen LogP contribution in [-0.4, -0.2) is 19.9 Å². The first kappa shape index (κ1) is 33.2. The van der Waals surface area contributed by atoms with Gasteiger partial charge in [0.2, 0.25) is 0 Å². The summed E-state index contributed by atoms with van der Waals surface area (Å²) in [5, 5.41) is 10.1. The Hall–Kier alpha value is -8.02. The van der Waals surface area contributed by atoms with Crippen molar-refractivity contribution in [2.75, 3.05) is 0 Å². The number of fused-ring (bicyclic) bond motifs is 9. The molecule has 0 atom stereocenters. The highest BCUT2D eigenvalue weighted by atomic mass is 16.3. The zero-order valence-corrected chi connectivity index (χ0v) is 31.7. The van der Waals surface area contributed by atoms with Crippen molar-refractivity contribution in [3.8, 4) is 56.5 Å². The van der Waals surface area contributed by atoms with Gasteiger partial charge in [-0.2, -0.15) is 0 Å². The maximum absolute atomic E-state index is 6.53. The summed E-state index contributed by atoms with van der Waals surface area (Å²) in [4.78, 5) is 20.4. The van der Waals surface area contributed by atoms with Crippen molar-refractivity contribution >= 4 is 65.2 Å². The molecule has 0 saturated heterocycles. The third-order valence-corrected chi connectivity index (χ3v) is 11.5. The molecule has 0 unspecified atom stereocenters. The van der Waals surface area contributed by atoms with E-state index < -0.39 is 0 Å². The topological polar surface area (TPSA) is 64.7 Å². The van der Waals surface area contributed by atoms with E-state index in [1.807, 2.05) is 18.2 Å². The van der Waals surface area contributed by atoms with Crippen LogP contribution < -0.4 is 0 Å². The van der Waals surface area contributed by atoms with Gasteiger partial charge in [-0.1, -0.05) is 164 Å². The predicted molar refractivity (Wildman–Crippen MR) is 242 cm³/mol. The van der Waals surface area contributed by atoms with E-state index >= 15 is 0 Å². The predicted octanol–water partition coefficient (Wildman–Crippen LogP) is 14.1.